The van der Waals surface area contributed by atoms with Gasteiger partial charge in [0.05, 0.1) is 11.8 Å². The SMILES string of the molecule is N=C(N)c1ccncc1Oc1ccccc1F. The molecular formula is C12H10FN3O. The van der Waals surface area contributed by atoms with E-state index in [1.807, 2.05) is 0 Å². The molecule has 86 valence electrons. The van der Waals surface area contributed by atoms with E-state index in [1.54, 1.807) is 18.2 Å². The molecule has 0 unspecified atom stereocenters. The molecule has 1 heterocycles. The van der Waals surface area contributed by atoms with Crippen LogP contribution in [0.2, 0.25) is 0 Å². The first-order valence-corrected chi connectivity index (χ1v) is 4.89. The first kappa shape index (κ1) is 11.1. The highest BCUT2D eigenvalue weighted by Gasteiger charge is 2.09. The van der Waals surface area contributed by atoms with Crippen LogP contribution >= 0.6 is 0 Å². The number of halogens is 1. The summed E-state index contributed by atoms with van der Waals surface area (Å²) in [5, 5.41) is 7.37. The molecule has 0 aliphatic rings. The lowest BCUT2D eigenvalue weighted by molar-refractivity contribution is 0.440. The largest absolute Gasteiger partial charge is 0.452 e. The molecular weight excluding hydrogens is 221 g/mol. The number of hydrogen-bond donors (Lipinski definition) is 2. The molecule has 0 saturated heterocycles. The van der Waals surface area contributed by atoms with Crippen molar-refractivity contribution in [2.24, 2.45) is 5.73 Å². The number of amidine groups is 1. The maximum Gasteiger partial charge on any atom is 0.165 e. The number of para-hydroxylation sites is 1. The highest BCUT2D eigenvalue weighted by Crippen LogP contribution is 2.25. The number of nitrogen functional groups attached to an aromatic ring is 1. The lowest BCUT2D eigenvalue weighted by atomic mass is 10.2. The standard InChI is InChI=1S/C12H10FN3O/c13-9-3-1-2-4-10(9)17-11-7-16-6-5-8(11)12(14)15/h1-7H,(H3,14,15). The van der Waals surface area contributed by atoms with E-state index in [-0.39, 0.29) is 17.3 Å². The van der Waals surface area contributed by atoms with Crippen LogP contribution in [0.15, 0.2) is 42.7 Å². The third kappa shape index (κ3) is 2.39. The van der Waals surface area contributed by atoms with E-state index in [9.17, 15) is 4.39 Å². The number of benzene rings is 1. The summed E-state index contributed by atoms with van der Waals surface area (Å²) in [6.45, 7) is 0. The van der Waals surface area contributed by atoms with Gasteiger partial charge in [-0.1, -0.05) is 12.1 Å². The highest BCUT2D eigenvalue weighted by atomic mass is 19.1. The third-order valence-corrected chi connectivity index (χ3v) is 2.13. The van der Waals surface area contributed by atoms with Crippen LogP contribution < -0.4 is 10.5 Å². The zero-order valence-electron chi connectivity index (χ0n) is 8.85. The fourth-order valence-electron chi connectivity index (χ4n) is 1.33. The number of nitrogens with zero attached hydrogens (tertiary/aromatic N) is 1. The Bertz CT molecular complexity index is 557. The fraction of sp³-hybridized carbons (Fsp3) is 0. The molecule has 3 N–H and O–H groups in total. The molecule has 0 radical (unpaired) electrons. The maximum absolute atomic E-state index is 13.4. The van der Waals surface area contributed by atoms with Crippen LogP contribution in [0.3, 0.4) is 0 Å². The van der Waals surface area contributed by atoms with Crippen LogP contribution in [0.1, 0.15) is 5.56 Å². The molecule has 4 nitrogen and oxygen atoms in total. The Kier molecular flexibility index (Phi) is 3.00. The highest BCUT2D eigenvalue weighted by molar-refractivity contribution is 5.97. The van der Waals surface area contributed by atoms with Crippen molar-refractivity contribution in [3.63, 3.8) is 0 Å². The zero-order valence-corrected chi connectivity index (χ0v) is 8.85. The Morgan fingerprint density at radius 2 is 2.00 bits per heavy atom. The monoisotopic (exact) mass is 231 g/mol. The lowest BCUT2D eigenvalue weighted by Crippen LogP contribution is -2.12. The molecule has 0 aliphatic carbocycles. The molecule has 0 saturated carbocycles. The van der Waals surface area contributed by atoms with Crippen molar-refractivity contribution in [3.8, 4) is 11.5 Å². The summed E-state index contributed by atoms with van der Waals surface area (Å²) in [5.41, 5.74) is 5.77. The molecule has 0 aliphatic heterocycles. The van der Waals surface area contributed by atoms with Crippen molar-refractivity contribution in [2.75, 3.05) is 0 Å². The number of ether oxygens (including phenoxy) is 1. The first-order chi connectivity index (χ1) is 8.18. The van der Waals surface area contributed by atoms with Gasteiger partial charge in [0.1, 0.15) is 5.84 Å². The zero-order chi connectivity index (χ0) is 12.3. The molecule has 0 atom stereocenters. The number of hydrogen-bond acceptors (Lipinski definition) is 3. The second kappa shape index (κ2) is 4.61. The van der Waals surface area contributed by atoms with Crippen LogP contribution in [0, 0.1) is 11.2 Å². The Morgan fingerprint density at radius 3 is 2.71 bits per heavy atom. The van der Waals surface area contributed by atoms with Crippen molar-refractivity contribution in [2.45, 2.75) is 0 Å². The van der Waals surface area contributed by atoms with Crippen LogP contribution in [0.5, 0.6) is 11.5 Å². The summed E-state index contributed by atoms with van der Waals surface area (Å²) >= 11 is 0. The summed E-state index contributed by atoms with van der Waals surface area (Å²) in [5.74, 6) is -0.308. The molecule has 2 rings (SSSR count). The predicted octanol–water partition coefficient (Wildman–Crippen LogP) is 2.30. The van der Waals surface area contributed by atoms with Crippen molar-refractivity contribution >= 4 is 5.84 Å². The molecule has 2 aromatic rings. The van der Waals surface area contributed by atoms with Gasteiger partial charge >= 0.3 is 0 Å². The van der Waals surface area contributed by atoms with E-state index in [0.29, 0.717) is 5.56 Å². The number of rotatable bonds is 3. The quantitative estimate of drug-likeness (QED) is 0.628. The Labute approximate surface area is 97.4 Å². The van der Waals surface area contributed by atoms with Crippen LogP contribution in [0.25, 0.3) is 0 Å². The fourth-order valence-corrected chi connectivity index (χ4v) is 1.33. The average Bonchev–Trinajstić information content (AvgIpc) is 2.32. The maximum atomic E-state index is 13.4. The number of nitrogens with one attached hydrogen (secondary N) is 1. The van der Waals surface area contributed by atoms with E-state index >= 15 is 0 Å². The van der Waals surface area contributed by atoms with Crippen molar-refractivity contribution in [3.05, 3.63) is 54.1 Å². The molecule has 1 aromatic carbocycles. The van der Waals surface area contributed by atoms with E-state index in [1.165, 1.54) is 24.5 Å². The number of pyridine rings is 1. The summed E-state index contributed by atoms with van der Waals surface area (Å²) < 4.78 is 18.7. The van der Waals surface area contributed by atoms with Gasteiger partial charge in [-0.15, -0.1) is 0 Å². The molecule has 0 bridgehead atoms. The van der Waals surface area contributed by atoms with E-state index in [4.69, 9.17) is 15.9 Å². The van der Waals surface area contributed by atoms with Gasteiger partial charge in [-0.25, -0.2) is 4.39 Å². The Hall–Kier alpha value is -2.43. The number of nitrogens with two attached hydrogens (primary N) is 1. The van der Waals surface area contributed by atoms with Gasteiger partial charge in [-0.2, -0.15) is 0 Å². The van der Waals surface area contributed by atoms with E-state index in [2.05, 4.69) is 4.98 Å². The normalized spacial score (nSPS) is 9.94. The van der Waals surface area contributed by atoms with Crippen LogP contribution in [-0.4, -0.2) is 10.8 Å². The van der Waals surface area contributed by atoms with Gasteiger partial charge in [0.2, 0.25) is 0 Å². The van der Waals surface area contributed by atoms with Crippen molar-refractivity contribution in [1.82, 2.24) is 4.98 Å². The molecule has 17 heavy (non-hydrogen) atoms. The lowest BCUT2D eigenvalue weighted by Gasteiger charge is -2.09. The molecule has 0 fully saturated rings. The topological polar surface area (TPSA) is 72.0 Å². The Morgan fingerprint density at radius 1 is 1.24 bits per heavy atom. The van der Waals surface area contributed by atoms with Gasteiger partial charge in [0.25, 0.3) is 0 Å². The summed E-state index contributed by atoms with van der Waals surface area (Å²) in [4.78, 5) is 3.85. The summed E-state index contributed by atoms with van der Waals surface area (Å²) in [7, 11) is 0. The van der Waals surface area contributed by atoms with E-state index in [0.717, 1.165) is 0 Å². The first-order valence-electron chi connectivity index (χ1n) is 4.89. The Balaban J connectivity index is 2.37. The van der Waals surface area contributed by atoms with Gasteiger partial charge in [0.15, 0.2) is 17.3 Å². The minimum atomic E-state index is -0.481. The van der Waals surface area contributed by atoms with Crippen LogP contribution in [0.4, 0.5) is 4.39 Å². The van der Waals surface area contributed by atoms with Crippen molar-refractivity contribution in [1.29, 1.82) is 5.41 Å². The third-order valence-electron chi connectivity index (χ3n) is 2.13. The van der Waals surface area contributed by atoms with Gasteiger partial charge in [-0.3, -0.25) is 10.4 Å². The summed E-state index contributed by atoms with van der Waals surface area (Å²) in [6.07, 6.45) is 2.88. The molecule has 1 aromatic heterocycles. The van der Waals surface area contributed by atoms with Gasteiger partial charge in [0, 0.05) is 6.20 Å². The molecule has 5 heteroatoms. The number of aromatic nitrogens is 1. The molecule has 0 spiro atoms. The van der Waals surface area contributed by atoms with Crippen LogP contribution in [-0.2, 0) is 0 Å². The second-order valence-corrected chi connectivity index (χ2v) is 3.32. The van der Waals surface area contributed by atoms with E-state index < -0.39 is 5.82 Å². The second-order valence-electron chi connectivity index (χ2n) is 3.32. The van der Waals surface area contributed by atoms with Gasteiger partial charge in [-0.05, 0) is 18.2 Å². The minimum absolute atomic E-state index is 0.0722. The predicted molar refractivity (Wildman–Crippen MR) is 61.7 cm³/mol. The average molecular weight is 231 g/mol. The minimum Gasteiger partial charge on any atom is -0.452 e. The van der Waals surface area contributed by atoms with Crippen molar-refractivity contribution < 1.29 is 9.13 Å². The summed E-state index contributed by atoms with van der Waals surface area (Å²) in [6, 6.07) is 7.55. The van der Waals surface area contributed by atoms with Gasteiger partial charge < -0.3 is 10.5 Å². The molecule has 0 amide bonds. The smallest absolute Gasteiger partial charge is 0.165 e.